The number of esters is 1. The first-order chi connectivity index (χ1) is 12.8. The van der Waals surface area contributed by atoms with E-state index in [1.807, 2.05) is 46.9 Å². The third-order valence-electron chi connectivity index (χ3n) is 4.11. The largest absolute Gasteiger partial charge is 0.423 e. The molecule has 26 heavy (non-hydrogen) atoms. The third-order valence-corrected chi connectivity index (χ3v) is 4.11. The molecule has 0 radical (unpaired) electrons. The number of rotatable bonds is 2. The molecular formula is C20H12N4O2. The zero-order valence-electron chi connectivity index (χ0n) is 13.5. The number of benzene rings is 2. The number of hydrogen-bond acceptors (Lipinski definition) is 5. The van der Waals surface area contributed by atoms with Crippen molar-refractivity contribution in [1.29, 1.82) is 0 Å². The molecule has 0 N–H and O–H groups in total. The lowest BCUT2D eigenvalue weighted by Gasteiger charge is -2.04. The molecule has 5 rings (SSSR count). The van der Waals surface area contributed by atoms with Crippen molar-refractivity contribution in [2.45, 2.75) is 0 Å². The van der Waals surface area contributed by atoms with Crippen LogP contribution in [0.1, 0.15) is 10.4 Å². The Morgan fingerprint density at radius 3 is 2.38 bits per heavy atom. The van der Waals surface area contributed by atoms with Crippen LogP contribution < -0.4 is 4.74 Å². The molecule has 0 saturated carbocycles. The van der Waals surface area contributed by atoms with Crippen molar-refractivity contribution in [3.8, 4) is 5.75 Å². The van der Waals surface area contributed by atoms with Gasteiger partial charge in [0.15, 0.2) is 11.3 Å². The van der Waals surface area contributed by atoms with Crippen LogP contribution in [0.2, 0.25) is 0 Å². The predicted molar refractivity (Wildman–Crippen MR) is 97.2 cm³/mol. The number of nitrogens with zero attached hydrogens (tertiary/aromatic N) is 4. The minimum atomic E-state index is -0.433. The smallest absolute Gasteiger partial charge is 0.343 e. The maximum Gasteiger partial charge on any atom is 0.343 e. The molecule has 0 bridgehead atoms. The van der Waals surface area contributed by atoms with Crippen LogP contribution in [0, 0.1) is 0 Å². The Kier molecular flexibility index (Phi) is 3.15. The number of imidazole rings is 1. The van der Waals surface area contributed by atoms with Crippen molar-refractivity contribution >= 4 is 33.9 Å². The van der Waals surface area contributed by atoms with Crippen LogP contribution in [-0.4, -0.2) is 25.3 Å². The fourth-order valence-corrected chi connectivity index (χ4v) is 2.86. The van der Waals surface area contributed by atoms with Crippen LogP contribution in [-0.2, 0) is 0 Å². The van der Waals surface area contributed by atoms with Crippen LogP contribution in [0.4, 0.5) is 0 Å². The van der Waals surface area contributed by atoms with Crippen molar-refractivity contribution < 1.29 is 9.53 Å². The summed E-state index contributed by atoms with van der Waals surface area (Å²) in [5.41, 5.74) is 3.79. The highest BCUT2D eigenvalue weighted by Gasteiger charge is 2.13. The number of para-hydroxylation sites is 3. The van der Waals surface area contributed by atoms with Gasteiger partial charge in [-0.15, -0.1) is 0 Å². The third kappa shape index (κ3) is 2.36. The van der Waals surface area contributed by atoms with E-state index in [1.54, 1.807) is 30.5 Å². The number of aromatic nitrogens is 4. The Balaban J connectivity index is 1.59. The van der Waals surface area contributed by atoms with Gasteiger partial charge >= 0.3 is 5.97 Å². The molecule has 3 aromatic heterocycles. The first-order valence-electron chi connectivity index (χ1n) is 8.10. The van der Waals surface area contributed by atoms with Crippen molar-refractivity contribution in [2.24, 2.45) is 0 Å². The van der Waals surface area contributed by atoms with E-state index in [-0.39, 0.29) is 0 Å². The van der Waals surface area contributed by atoms with Gasteiger partial charge in [0.2, 0.25) is 0 Å². The Morgan fingerprint density at radius 2 is 1.58 bits per heavy atom. The summed E-state index contributed by atoms with van der Waals surface area (Å²) in [6.45, 7) is 0. The standard InChI is InChI=1S/C20H12N4O2/c25-20(26-14-6-2-1-3-7-14)13-10-11-24-17(12-13)23-18-19(24)22-16-9-5-4-8-15(16)21-18/h1-12H. The second kappa shape index (κ2) is 5.63. The molecule has 2 aromatic carbocycles. The molecule has 6 heteroatoms. The normalized spacial score (nSPS) is 11.2. The van der Waals surface area contributed by atoms with E-state index in [2.05, 4.69) is 15.0 Å². The fourth-order valence-electron chi connectivity index (χ4n) is 2.86. The summed E-state index contributed by atoms with van der Waals surface area (Å²) in [7, 11) is 0. The Labute approximate surface area is 147 Å². The average Bonchev–Trinajstić information content (AvgIpc) is 3.03. The molecule has 0 aliphatic rings. The highest BCUT2D eigenvalue weighted by molar-refractivity contribution is 5.93. The summed E-state index contributed by atoms with van der Waals surface area (Å²) in [5, 5.41) is 0. The Bertz CT molecular complexity index is 1280. The van der Waals surface area contributed by atoms with Gasteiger partial charge in [0, 0.05) is 6.20 Å². The monoisotopic (exact) mass is 340 g/mol. The molecule has 3 heterocycles. The minimum Gasteiger partial charge on any atom is -0.423 e. The summed E-state index contributed by atoms with van der Waals surface area (Å²) in [5.74, 6) is 0.0669. The van der Waals surface area contributed by atoms with Crippen molar-refractivity contribution in [3.05, 3.63) is 78.5 Å². The number of carbonyl (C=O) groups is 1. The lowest BCUT2D eigenvalue weighted by Crippen LogP contribution is -2.08. The van der Waals surface area contributed by atoms with Crippen molar-refractivity contribution in [1.82, 2.24) is 19.4 Å². The molecule has 124 valence electrons. The van der Waals surface area contributed by atoms with Gasteiger partial charge < -0.3 is 4.74 Å². The summed E-state index contributed by atoms with van der Waals surface area (Å²) < 4.78 is 7.19. The summed E-state index contributed by atoms with van der Waals surface area (Å²) >= 11 is 0. The van der Waals surface area contributed by atoms with Gasteiger partial charge in [-0.1, -0.05) is 30.3 Å². The molecule has 5 aromatic rings. The number of hydrogen-bond donors (Lipinski definition) is 0. The zero-order valence-corrected chi connectivity index (χ0v) is 13.5. The molecular weight excluding hydrogens is 328 g/mol. The van der Waals surface area contributed by atoms with E-state index >= 15 is 0 Å². The molecule has 6 nitrogen and oxygen atoms in total. The van der Waals surface area contributed by atoms with Crippen LogP contribution in [0.25, 0.3) is 28.0 Å². The van der Waals surface area contributed by atoms with E-state index in [0.29, 0.717) is 28.3 Å². The fraction of sp³-hybridized carbons (Fsp3) is 0. The van der Waals surface area contributed by atoms with Gasteiger partial charge in [-0.05, 0) is 36.4 Å². The molecule has 0 fully saturated rings. The maximum atomic E-state index is 12.4. The first kappa shape index (κ1) is 14.5. The van der Waals surface area contributed by atoms with E-state index < -0.39 is 5.97 Å². The van der Waals surface area contributed by atoms with Gasteiger partial charge in [0.05, 0.1) is 16.6 Å². The maximum absolute atomic E-state index is 12.4. The number of fused-ring (bicyclic) bond motifs is 4. The van der Waals surface area contributed by atoms with Crippen molar-refractivity contribution in [2.75, 3.05) is 0 Å². The van der Waals surface area contributed by atoms with E-state index in [9.17, 15) is 4.79 Å². The van der Waals surface area contributed by atoms with Gasteiger partial charge in [-0.25, -0.2) is 19.7 Å². The number of carbonyl (C=O) groups excluding carboxylic acids is 1. The van der Waals surface area contributed by atoms with Crippen LogP contribution in [0.5, 0.6) is 5.75 Å². The zero-order chi connectivity index (χ0) is 17.5. The molecule has 0 saturated heterocycles. The first-order valence-corrected chi connectivity index (χ1v) is 8.10. The van der Waals surface area contributed by atoms with Gasteiger partial charge in [-0.2, -0.15) is 0 Å². The lowest BCUT2D eigenvalue weighted by molar-refractivity contribution is 0.0734. The quantitative estimate of drug-likeness (QED) is 0.362. The van der Waals surface area contributed by atoms with E-state index in [4.69, 9.17) is 4.74 Å². The summed E-state index contributed by atoms with van der Waals surface area (Å²) in [6.07, 6.45) is 1.76. The summed E-state index contributed by atoms with van der Waals surface area (Å²) in [6, 6.07) is 20.0. The molecule has 0 atom stereocenters. The molecule has 0 aliphatic heterocycles. The summed E-state index contributed by atoms with van der Waals surface area (Å²) in [4.78, 5) is 26.0. The Morgan fingerprint density at radius 1 is 0.846 bits per heavy atom. The van der Waals surface area contributed by atoms with Gasteiger partial charge in [-0.3, -0.25) is 4.40 Å². The highest BCUT2D eigenvalue weighted by Crippen LogP contribution is 2.19. The molecule has 0 amide bonds. The van der Waals surface area contributed by atoms with Crippen LogP contribution in [0.3, 0.4) is 0 Å². The molecule has 0 unspecified atom stereocenters. The van der Waals surface area contributed by atoms with E-state index in [1.165, 1.54) is 0 Å². The number of ether oxygens (including phenoxy) is 1. The SMILES string of the molecule is O=C(Oc1ccccc1)c1ccn2c(c1)nc1nc3ccccc3nc12. The van der Waals surface area contributed by atoms with Crippen molar-refractivity contribution in [3.63, 3.8) is 0 Å². The predicted octanol–water partition coefficient (Wildman–Crippen LogP) is 3.65. The topological polar surface area (TPSA) is 69.4 Å². The second-order valence-corrected chi connectivity index (χ2v) is 5.82. The minimum absolute atomic E-state index is 0.418. The molecule has 0 aliphatic carbocycles. The molecule has 0 spiro atoms. The van der Waals surface area contributed by atoms with Gasteiger partial charge in [0.1, 0.15) is 11.4 Å². The second-order valence-electron chi connectivity index (χ2n) is 5.82. The van der Waals surface area contributed by atoms with Crippen LogP contribution in [0.15, 0.2) is 72.9 Å². The van der Waals surface area contributed by atoms with Gasteiger partial charge in [0.25, 0.3) is 0 Å². The highest BCUT2D eigenvalue weighted by atomic mass is 16.5. The van der Waals surface area contributed by atoms with Crippen LogP contribution >= 0.6 is 0 Å². The number of pyridine rings is 1. The van der Waals surface area contributed by atoms with E-state index in [0.717, 1.165) is 11.0 Å². The average molecular weight is 340 g/mol. The Hall–Kier alpha value is -3.80. The lowest BCUT2D eigenvalue weighted by atomic mass is 10.2.